The van der Waals surface area contributed by atoms with Crippen molar-refractivity contribution in [2.24, 2.45) is 0 Å². The molecule has 1 aromatic carbocycles. The summed E-state index contributed by atoms with van der Waals surface area (Å²) in [7, 11) is 4.46. The van der Waals surface area contributed by atoms with Crippen LogP contribution in [-0.4, -0.2) is 25.1 Å². The lowest BCUT2D eigenvalue weighted by molar-refractivity contribution is -0.897. The molecule has 0 saturated carbocycles. The maximum atomic E-state index is 3.80. The van der Waals surface area contributed by atoms with Gasteiger partial charge in [0.25, 0.3) is 0 Å². The number of quaternary nitrogens is 1. The van der Waals surface area contributed by atoms with Crippen LogP contribution < -0.4 is 12.4 Å². The third-order valence-corrected chi connectivity index (χ3v) is 2.67. The first-order chi connectivity index (χ1) is 7.07. The lowest BCUT2D eigenvalue weighted by atomic mass is 10.1. The molecule has 0 fully saturated rings. The SMILES string of the molecule is C=CC[N+](C)(C)Cc1ccc(CC)cc1.[Cl-]. The van der Waals surface area contributed by atoms with E-state index in [0.29, 0.717) is 0 Å². The zero-order chi connectivity index (χ0) is 11.3. The molecule has 0 radical (unpaired) electrons. The summed E-state index contributed by atoms with van der Waals surface area (Å²) in [5.74, 6) is 0. The minimum atomic E-state index is 0. The molecular weight excluding hydrogens is 218 g/mol. The first-order valence-corrected chi connectivity index (χ1v) is 5.58. The second kappa shape index (κ2) is 6.72. The number of likely N-dealkylation sites (N-methyl/N-ethyl adjacent to an activating group) is 1. The zero-order valence-electron chi connectivity index (χ0n) is 10.5. The molecule has 1 rings (SSSR count). The highest BCUT2D eigenvalue weighted by atomic mass is 35.5. The van der Waals surface area contributed by atoms with Crippen molar-refractivity contribution >= 4 is 0 Å². The third kappa shape index (κ3) is 4.82. The van der Waals surface area contributed by atoms with Gasteiger partial charge in [-0.05, 0) is 18.1 Å². The molecule has 16 heavy (non-hydrogen) atoms. The molecule has 1 nitrogen and oxygen atoms in total. The number of hydrogen-bond acceptors (Lipinski definition) is 0. The monoisotopic (exact) mass is 239 g/mol. The minimum absolute atomic E-state index is 0. The molecule has 0 unspecified atom stereocenters. The van der Waals surface area contributed by atoms with Crippen LogP contribution in [0.15, 0.2) is 36.9 Å². The van der Waals surface area contributed by atoms with Crippen molar-refractivity contribution in [1.29, 1.82) is 0 Å². The van der Waals surface area contributed by atoms with E-state index in [2.05, 4.69) is 51.9 Å². The molecule has 0 spiro atoms. The minimum Gasteiger partial charge on any atom is -1.00 e. The topological polar surface area (TPSA) is 0 Å². The van der Waals surface area contributed by atoms with Gasteiger partial charge in [0, 0.05) is 5.56 Å². The summed E-state index contributed by atoms with van der Waals surface area (Å²) in [5.41, 5.74) is 2.81. The smallest absolute Gasteiger partial charge is 0.104 e. The van der Waals surface area contributed by atoms with Gasteiger partial charge >= 0.3 is 0 Å². The van der Waals surface area contributed by atoms with E-state index in [-0.39, 0.29) is 12.4 Å². The number of halogens is 1. The second-order valence-electron chi connectivity index (χ2n) is 4.74. The van der Waals surface area contributed by atoms with E-state index in [1.807, 2.05) is 6.08 Å². The molecule has 0 aliphatic heterocycles. The van der Waals surface area contributed by atoms with Gasteiger partial charge in [0.1, 0.15) is 6.54 Å². The summed E-state index contributed by atoms with van der Waals surface area (Å²) < 4.78 is 0.967. The van der Waals surface area contributed by atoms with Crippen LogP contribution in [0.5, 0.6) is 0 Å². The molecule has 0 atom stereocenters. The lowest BCUT2D eigenvalue weighted by Crippen LogP contribution is -3.00. The van der Waals surface area contributed by atoms with E-state index in [1.165, 1.54) is 11.1 Å². The number of benzene rings is 1. The Bertz CT molecular complexity index is 314. The molecule has 0 amide bonds. The Hall–Kier alpha value is -0.790. The highest BCUT2D eigenvalue weighted by Crippen LogP contribution is 2.11. The van der Waals surface area contributed by atoms with E-state index in [1.54, 1.807) is 0 Å². The Labute approximate surface area is 106 Å². The van der Waals surface area contributed by atoms with E-state index in [9.17, 15) is 0 Å². The predicted molar refractivity (Wildman–Crippen MR) is 66.7 cm³/mol. The van der Waals surface area contributed by atoms with Crippen molar-refractivity contribution in [2.45, 2.75) is 19.9 Å². The van der Waals surface area contributed by atoms with Crippen molar-refractivity contribution in [3.05, 3.63) is 48.0 Å². The predicted octanol–water partition coefficient (Wildman–Crippen LogP) is 0.0154. The number of nitrogens with zero attached hydrogens (tertiary/aromatic N) is 1. The van der Waals surface area contributed by atoms with Crippen LogP contribution in [0.3, 0.4) is 0 Å². The summed E-state index contributed by atoms with van der Waals surface area (Å²) in [6.45, 7) is 8.06. The van der Waals surface area contributed by atoms with Gasteiger partial charge < -0.3 is 16.9 Å². The van der Waals surface area contributed by atoms with Crippen LogP contribution in [0.1, 0.15) is 18.1 Å². The van der Waals surface area contributed by atoms with Crippen molar-refractivity contribution in [3.63, 3.8) is 0 Å². The fraction of sp³-hybridized carbons (Fsp3) is 0.429. The van der Waals surface area contributed by atoms with Crippen LogP contribution in [-0.2, 0) is 13.0 Å². The maximum absolute atomic E-state index is 3.80. The Morgan fingerprint density at radius 2 is 1.62 bits per heavy atom. The van der Waals surface area contributed by atoms with Gasteiger partial charge in [-0.1, -0.05) is 37.8 Å². The summed E-state index contributed by atoms with van der Waals surface area (Å²) in [4.78, 5) is 0. The average molecular weight is 240 g/mol. The van der Waals surface area contributed by atoms with Crippen LogP contribution in [0.2, 0.25) is 0 Å². The molecule has 0 aromatic heterocycles. The molecule has 0 heterocycles. The van der Waals surface area contributed by atoms with Crippen molar-refractivity contribution in [3.8, 4) is 0 Å². The summed E-state index contributed by atoms with van der Waals surface area (Å²) in [6.07, 6.45) is 3.10. The van der Waals surface area contributed by atoms with Crippen LogP contribution in [0.25, 0.3) is 0 Å². The van der Waals surface area contributed by atoms with Gasteiger partial charge in [-0.25, -0.2) is 0 Å². The summed E-state index contributed by atoms with van der Waals surface area (Å²) >= 11 is 0. The largest absolute Gasteiger partial charge is 1.00 e. The van der Waals surface area contributed by atoms with Gasteiger partial charge in [-0.2, -0.15) is 0 Å². The van der Waals surface area contributed by atoms with Gasteiger partial charge in [-0.15, -0.1) is 0 Å². The summed E-state index contributed by atoms with van der Waals surface area (Å²) in [6, 6.07) is 8.93. The quantitative estimate of drug-likeness (QED) is 0.502. The Kier molecular flexibility index (Phi) is 6.39. The molecule has 0 bridgehead atoms. The van der Waals surface area contributed by atoms with E-state index < -0.39 is 0 Å². The first-order valence-electron chi connectivity index (χ1n) is 5.58. The van der Waals surface area contributed by atoms with E-state index >= 15 is 0 Å². The normalized spacial score (nSPS) is 10.7. The average Bonchev–Trinajstić information content (AvgIpc) is 2.18. The molecule has 0 N–H and O–H groups in total. The molecular formula is C14H22ClN. The fourth-order valence-corrected chi connectivity index (χ4v) is 1.79. The van der Waals surface area contributed by atoms with Crippen LogP contribution >= 0.6 is 0 Å². The number of hydrogen-bond donors (Lipinski definition) is 0. The van der Waals surface area contributed by atoms with Gasteiger partial charge in [0.15, 0.2) is 0 Å². The molecule has 0 aliphatic carbocycles. The Morgan fingerprint density at radius 1 is 1.12 bits per heavy atom. The second-order valence-corrected chi connectivity index (χ2v) is 4.74. The van der Waals surface area contributed by atoms with Gasteiger partial charge in [-0.3, -0.25) is 0 Å². The standard InChI is InChI=1S/C14H22N.ClH/c1-5-11-15(3,4)12-14-9-7-13(6-2)8-10-14;/h5,7-10H,1,6,11-12H2,2-4H3;1H/q+1;/p-1. The van der Waals surface area contributed by atoms with E-state index in [0.717, 1.165) is 24.0 Å². The van der Waals surface area contributed by atoms with Crippen LogP contribution in [0, 0.1) is 0 Å². The number of rotatable bonds is 5. The van der Waals surface area contributed by atoms with Crippen LogP contribution in [0.4, 0.5) is 0 Å². The molecule has 0 aliphatic rings. The molecule has 1 aromatic rings. The van der Waals surface area contributed by atoms with Gasteiger partial charge in [0.05, 0.1) is 20.6 Å². The number of aryl methyl sites for hydroxylation is 1. The van der Waals surface area contributed by atoms with Crippen molar-refractivity contribution < 1.29 is 16.9 Å². The molecule has 2 heteroatoms. The Balaban J connectivity index is 0.00000225. The maximum Gasteiger partial charge on any atom is 0.104 e. The summed E-state index contributed by atoms with van der Waals surface area (Å²) in [5, 5.41) is 0. The van der Waals surface area contributed by atoms with E-state index in [4.69, 9.17) is 0 Å². The highest BCUT2D eigenvalue weighted by molar-refractivity contribution is 5.21. The van der Waals surface area contributed by atoms with Crippen molar-refractivity contribution in [2.75, 3.05) is 20.6 Å². The molecule has 0 saturated heterocycles. The third-order valence-electron chi connectivity index (χ3n) is 2.67. The van der Waals surface area contributed by atoms with Gasteiger partial charge in [0.2, 0.25) is 0 Å². The highest BCUT2D eigenvalue weighted by Gasteiger charge is 2.12. The van der Waals surface area contributed by atoms with Crippen molar-refractivity contribution in [1.82, 2.24) is 0 Å². The first kappa shape index (κ1) is 15.2. The Morgan fingerprint density at radius 3 is 2.06 bits per heavy atom. The lowest BCUT2D eigenvalue weighted by Gasteiger charge is -2.28. The zero-order valence-corrected chi connectivity index (χ0v) is 11.3. The fourth-order valence-electron chi connectivity index (χ4n) is 1.79. The molecule has 90 valence electrons.